The molecule has 0 radical (unpaired) electrons. The molecule has 1 aromatic heterocycles. The van der Waals surface area contributed by atoms with Gasteiger partial charge in [-0.1, -0.05) is 6.07 Å². The van der Waals surface area contributed by atoms with Gasteiger partial charge >= 0.3 is 0 Å². The summed E-state index contributed by atoms with van der Waals surface area (Å²) in [6.45, 7) is 7.61. The number of methoxy groups -OCH3 is 1. The van der Waals surface area contributed by atoms with E-state index in [9.17, 15) is 9.59 Å². The molecule has 1 aromatic carbocycles. The lowest BCUT2D eigenvalue weighted by atomic mass is 10.1. The molecule has 0 aliphatic rings. The predicted octanol–water partition coefficient (Wildman–Crippen LogP) is 2.72. The molecular weight excluding hydrogens is 320 g/mol. The topological polar surface area (TPSA) is 80.4 Å². The van der Waals surface area contributed by atoms with Crippen LogP contribution in [-0.4, -0.2) is 24.1 Å². The van der Waals surface area contributed by atoms with E-state index in [0.29, 0.717) is 22.6 Å². The van der Waals surface area contributed by atoms with Crippen molar-refractivity contribution in [1.82, 2.24) is 10.3 Å². The van der Waals surface area contributed by atoms with E-state index in [-0.39, 0.29) is 24.1 Å². The van der Waals surface area contributed by atoms with E-state index < -0.39 is 0 Å². The van der Waals surface area contributed by atoms with Gasteiger partial charge in [0.2, 0.25) is 0 Å². The van der Waals surface area contributed by atoms with Crippen molar-refractivity contribution in [1.29, 1.82) is 0 Å². The van der Waals surface area contributed by atoms with Gasteiger partial charge in [-0.15, -0.1) is 0 Å². The Kier molecular flexibility index (Phi) is 5.85. The maximum absolute atomic E-state index is 12.6. The Morgan fingerprint density at radius 2 is 2.00 bits per heavy atom. The number of aromatic amines is 1. The summed E-state index contributed by atoms with van der Waals surface area (Å²) in [4.78, 5) is 27.4. The number of aromatic nitrogens is 1. The number of hydrogen-bond acceptors (Lipinski definition) is 4. The van der Waals surface area contributed by atoms with Crippen LogP contribution in [0.5, 0.6) is 11.5 Å². The molecule has 2 rings (SSSR count). The molecule has 6 nitrogen and oxygen atoms in total. The molecule has 25 heavy (non-hydrogen) atoms. The number of H-pyrrole nitrogens is 1. The number of carbonyl (C=O) groups is 1. The van der Waals surface area contributed by atoms with Gasteiger partial charge in [-0.3, -0.25) is 9.59 Å². The first-order valence-electron chi connectivity index (χ1n) is 8.14. The molecule has 0 aliphatic heterocycles. The van der Waals surface area contributed by atoms with Gasteiger partial charge in [-0.2, -0.15) is 0 Å². The summed E-state index contributed by atoms with van der Waals surface area (Å²) in [5.74, 6) is 0.559. The molecule has 0 bridgehead atoms. The average molecular weight is 344 g/mol. The zero-order valence-electron chi connectivity index (χ0n) is 15.2. The van der Waals surface area contributed by atoms with E-state index in [1.54, 1.807) is 18.2 Å². The Morgan fingerprint density at radius 1 is 1.28 bits per heavy atom. The highest BCUT2D eigenvalue weighted by Crippen LogP contribution is 2.31. The Morgan fingerprint density at radius 3 is 2.60 bits per heavy atom. The minimum atomic E-state index is -0.328. The van der Waals surface area contributed by atoms with Crippen molar-refractivity contribution in [2.24, 2.45) is 0 Å². The highest BCUT2D eigenvalue weighted by molar-refractivity contribution is 5.97. The van der Waals surface area contributed by atoms with E-state index in [1.165, 1.54) is 7.11 Å². The SMILES string of the molecule is COc1c(OC(C)C)cccc1C(=O)NCc1c(C)cc(C)[nH]c1=O. The summed E-state index contributed by atoms with van der Waals surface area (Å²) in [5, 5.41) is 2.78. The Bertz CT molecular complexity index is 825. The lowest BCUT2D eigenvalue weighted by molar-refractivity contribution is 0.0946. The third-order valence-corrected chi connectivity index (χ3v) is 3.71. The Balaban J connectivity index is 2.23. The number of rotatable bonds is 6. The molecule has 0 aliphatic carbocycles. The quantitative estimate of drug-likeness (QED) is 0.844. The number of pyridine rings is 1. The molecule has 0 saturated heterocycles. The zero-order chi connectivity index (χ0) is 18.6. The molecule has 0 spiro atoms. The van der Waals surface area contributed by atoms with Crippen molar-refractivity contribution >= 4 is 5.91 Å². The van der Waals surface area contributed by atoms with Crippen LogP contribution in [0.1, 0.15) is 41.0 Å². The van der Waals surface area contributed by atoms with Crippen molar-refractivity contribution in [3.63, 3.8) is 0 Å². The van der Waals surface area contributed by atoms with Gasteiger partial charge in [-0.05, 0) is 51.5 Å². The summed E-state index contributed by atoms with van der Waals surface area (Å²) in [6.07, 6.45) is -0.0408. The minimum absolute atomic E-state index is 0.0408. The largest absolute Gasteiger partial charge is 0.492 e. The fourth-order valence-corrected chi connectivity index (χ4v) is 2.62. The molecule has 0 atom stereocenters. The fourth-order valence-electron chi connectivity index (χ4n) is 2.62. The van der Waals surface area contributed by atoms with E-state index in [4.69, 9.17) is 9.47 Å². The molecule has 2 aromatic rings. The van der Waals surface area contributed by atoms with Gasteiger partial charge in [0.15, 0.2) is 11.5 Å². The van der Waals surface area contributed by atoms with Gasteiger partial charge in [-0.25, -0.2) is 0 Å². The summed E-state index contributed by atoms with van der Waals surface area (Å²) in [5.41, 5.74) is 2.33. The number of para-hydroxylation sites is 1. The molecule has 0 saturated carbocycles. The van der Waals surface area contributed by atoms with Gasteiger partial charge in [0.25, 0.3) is 11.5 Å². The van der Waals surface area contributed by atoms with Crippen LogP contribution in [0.2, 0.25) is 0 Å². The van der Waals surface area contributed by atoms with Crippen LogP contribution in [0.15, 0.2) is 29.1 Å². The van der Waals surface area contributed by atoms with Gasteiger partial charge in [0.05, 0.1) is 18.8 Å². The number of nitrogens with one attached hydrogen (secondary N) is 2. The molecule has 134 valence electrons. The van der Waals surface area contributed by atoms with Crippen LogP contribution in [0, 0.1) is 13.8 Å². The maximum atomic E-state index is 12.6. The van der Waals surface area contributed by atoms with Crippen LogP contribution in [0.3, 0.4) is 0 Å². The van der Waals surface area contributed by atoms with Crippen molar-refractivity contribution in [3.8, 4) is 11.5 Å². The number of hydrogen-bond donors (Lipinski definition) is 2. The summed E-state index contributed by atoms with van der Waals surface area (Å²) in [7, 11) is 1.49. The van der Waals surface area contributed by atoms with Gasteiger partial charge in [0, 0.05) is 17.8 Å². The zero-order valence-corrected chi connectivity index (χ0v) is 15.2. The number of amides is 1. The van der Waals surface area contributed by atoms with Crippen LogP contribution < -0.4 is 20.3 Å². The van der Waals surface area contributed by atoms with Crippen LogP contribution in [0.25, 0.3) is 0 Å². The molecule has 0 fully saturated rings. The van der Waals surface area contributed by atoms with E-state index in [1.807, 2.05) is 33.8 Å². The monoisotopic (exact) mass is 344 g/mol. The standard InChI is InChI=1S/C19H24N2O4/c1-11(2)25-16-8-6-7-14(17(16)24-5)18(22)20-10-15-12(3)9-13(4)21-19(15)23/h6-9,11H,10H2,1-5H3,(H,20,22)(H,21,23). The Labute approximate surface area is 147 Å². The second-order valence-electron chi connectivity index (χ2n) is 6.13. The van der Waals surface area contributed by atoms with Crippen molar-refractivity contribution in [2.45, 2.75) is 40.3 Å². The number of carbonyl (C=O) groups excluding carboxylic acids is 1. The Hall–Kier alpha value is -2.76. The second kappa shape index (κ2) is 7.88. The summed E-state index contributed by atoms with van der Waals surface area (Å²) < 4.78 is 11.0. The van der Waals surface area contributed by atoms with Crippen LogP contribution >= 0.6 is 0 Å². The van der Waals surface area contributed by atoms with Crippen LogP contribution in [-0.2, 0) is 6.54 Å². The number of ether oxygens (including phenoxy) is 2. The first kappa shape index (κ1) is 18.6. The third-order valence-electron chi connectivity index (χ3n) is 3.71. The molecule has 0 unspecified atom stereocenters. The maximum Gasteiger partial charge on any atom is 0.255 e. The summed E-state index contributed by atoms with van der Waals surface area (Å²) >= 11 is 0. The predicted molar refractivity (Wildman–Crippen MR) is 96.5 cm³/mol. The average Bonchev–Trinajstić information content (AvgIpc) is 2.52. The number of benzene rings is 1. The van der Waals surface area contributed by atoms with Crippen molar-refractivity contribution < 1.29 is 14.3 Å². The van der Waals surface area contributed by atoms with Crippen molar-refractivity contribution in [2.75, 3.05) is 7.11 Å². The number of aryl methyl sites for hydroxylation is 2. The van der Waals surface area contributed by atoms with Crippen molar-refractivity contribution in [3.05, 3.63) is 57.0 Å². The summed E-state index contributed by atoms with van der Waals surface area (Å²) in [6, 6.07) is 7.03. The van der Waals surface area contributed by atoms with Gasteiger partial charge in [0.1, 0.15) is 0 Å². The molecule has 1 amide bonds. The third kappa shape index (κ3) is 4.41. The smallest absolute Gasteiger partial charge is 0.255 e. The first-order valence-corrected chi connectivity index (χ1v) is 8.14. The second-order valence-corrected chi connectivity index (χ2v) is 6.13. The van der Waals surface area contributed by atoms with E-state index in [0.717, 1.165) is 11.3 Å². The molecule has 6 heteroatoms. The van der Waals surface area contributed by atoms with Gasteiger partial charge < -0.3 is 19.8 Å². The highest BCUT2D eigenvalue weighted by atomic mass is 16.5. The first-order chi connectivity index (χ1) is 11.8. The van der Waals surface area contributed by atoms with E-state index in [2.05, 4.69) is 10.3 Å². The minimum Gasteiger partial charge on any atom is -0.492 e. The lowest BCUT2D eigenvalue weighted by Gasteiger charge is -2.16. The highest BCUT2D eigenvalue weighted by Gasteiger charge is 2.18. The van der Waals surface area contributed by atoms with E-state index >= 15 is 0 Å². The molecular formula is C19H24N2O4. The molecule has 1 heterocycles. The molecule has 2 N–H and O–H groups in total. The normalized spacial score (nSPS) is 10.6. The fraction of sp³-hybridized carbons (Fsp3) is 0.368. The van der Waals surface area contributed by atoms with Crippen LogP contribution in [0.4, 0.5) is 0 Å². The lowest BCUT2D eigenvalue weighted by Crippen LogP contribution is -2.28.